The molecule has 1 saturated carbocycles. The van der Waals surface area contributed by atoms with Crippen LogP contribution in [0.15, 0.2) is 18.3 Å². The number of likely N-dealkylation sites (tertiary alicyclic amines) is 1. The zero-order chi connectivity index (χ0) is 16.7. The summed E-state index contributed by atoms with van der Waals surface area (Å²) in [6.45, 7) is 3.48. The highest BCUT2D eigenvalue weighted by atomic mass is 35.5. The predicted molar refractivity (Wildman–Crippen MR) is 90.9 cm³/mol. The van der Waals surface area contributed by atoms with Gasteiger partial charge >= 0.3 is 0 Å². The van der Waals surface area contributed by atoms with E-state index in [0.717, 1.165) is 31.7 Å². The number of piperazine rings is 1. The highest BCUT2D eigenvalue weighted by Gasteiger charge is 2.43. The first-order valence-corrected chi connectivity index (χ1v) is 8.94. The molecular formula is C17H21ClN4O2. The van der Waals surface area contributed by atoms with E-state index in [1.165, 1.54) is 0 Å². The van der Waals surface area contributed by atoms with Crippen molar-refractivity contribution in [2.24, 2.45) is 5.92 Å². The second-order valence-electron chi connectivity index (χ2n) is 6.83. The van der Waals surface area contributed by atoms with Crippen LogP contribution >= 0.6 is 11.6 Å². The molecule has 3 aliphatic rings. The Bertz CT molecular complexity index is 638. The molecule has 3 fully saturated rings. The number of aromatic nitrogens is 1. The SMILES string of the molecule is O=C(C1CC(=O)N(C2CC2)C1)N1CCN(c2ccc(Cl)cn2)CC1. The summed E-state index contributed by atoms with van der Waals surface area (Å²) in [5.74, 6) is 1.02. The number of hydrogen-bond acceptors (Lipinski definition) is 4. The molecule has 24 heavy (non-hydrogen) atoms. The van der Waals surface area contributed by atoms with Crippen LogP contribution in [0.1, 0.15) is 19.3 Å². The number of carbonyl (C=O) groups excluding carboxylic acids is 2. The molecule has 0 aromatic carbocycles. The minimum Gasteiger partial charge on any atom is -0.353 e. The van der Waals surface area contributed by atoms with Crippen LogP contribution in [0.5, 0.6) is 0 Å². The molecule has 0 bridgehead atoms. The number of amides is 2. The van der Waals surface area contributed by atoms with E-state index in [4.69, 9.17) is 11.6 Å². The van der Waals surface area contributed by atoms with Gasteiger partial charge in [0.25, 0.3) is 0 Å². The van der Waals surface area contributed by atoms with E-state index in [9.17, 15) is 9.59 Å². The molecule has 0 N–H and O–H groups in total. The summed E-state index contributed by atoms with van der Waals surface area (Å²) in [6, 6.07) is 4.14. The molecule has 1 atom stereocenters. The highest BCUT2D eigenvalue weighted by Crippen LogP contribution is 2.33. The molecule has 1 aliphatic carbocycles. The van der Waals surface area contributed by atoms with E-state index >= 15 is 0 Å². The van der Waals surface area contributed by atoms with E-state index in [1.54, 1.807) is 6.20 Å². The maximum atomic E-state index is 12.7. The fraction of sp³-hybridized carbons (Fsp3) is 0.588. The summed E-state index contributed by atoms with van der Waals surface area (Å²) >= 11 is 5.87. The first kappa shape index (κ1) is 15.7. The maximum Gasteiger partial charge on any atom is 0.228 e. The van der Waals surface area contributed by atoms with Gasteiger partial charge in [-0.3, -0.25) is 9.59 Å². The Kier molecular flexibility index (Phi) is 4.08. The molecule has 4 rings (SSSR count). The van der Waals surface area contributed by atoms with E-state index in [2.05, 4.69) is 9.88 Å². The Morgan fingerprint density at radius 1 is 1.17 bits per heavy atom. The third-order valence-electron chi connectivity index (χ3n) is 5.12. The molecule has 1 aromatic heterocycles. The average molecular weight is 349 g/mol. The first-order chi connectivity index (χ1) is 11.6. The lowest BCUT2D eigenvalue weighted by molar-refractivity contribution is -0.136. The fourth-order valence-corrected chi connectivity index (χ4v) is 3.72. The monoisotopic (exact) mass is 348 g/mol. The third-order valence-corrected chi connectivity index (χ3v) is 5.35. The van der Waals surface area contributed by atoms with Crippen LogP contribution in [0.4, 0.5) is 5.82 Å². The lowest BCUT2D eigenvalue weighted by Gasteiger charge is -2.36. The number of anilines is 1. The van der Waals surface area contributed by atoms with Gasteiger partial charge in [0.05, 0.1) is 10.9 Å². The minimum absolute atomic E-state index is 0.134. The topological polar surface area (TPSA) is 56.8 Å². The molecule has 3 heterocycles. The molecule has 1 unspecified atom stereocenters. The summed E-state index contributed by atoms with van der Waals surface area (Å²) in [5.41, 5.74) is 0. The molecule has 2 aliphatic heterocycles. The predicted octanol–water partition coefficient (Wildman–Crippen LogP) is 1.39. The normalized spacial score (nSPS) is 24.6. The Morgan fingerprint density at radius 3 is 2.54 bits per heavy atom. The third kappa shape index (κ3) is 3.07. The highest BCUT2D eigenvalue weighted by molar-refractivity contribution is 6.30. The van der Waals surface area contributed by atoms with Gasteiger partial charge < -0.3 is 14.7 Å². The van der Waals surface area contributed by atoms with Crippen LogP contribution in [0.25, 0.3) is 0 Å². The van der Waals surface area contributed by atoms with E-state index < -0.39 is 0 Å². The van der Waals surface area contributed by atoms with Crippen LogP contribution in [-0.2, 0) is 9.59 Å². The number of pyridine rings is 1. The maximum absolute atomic E-state index is 12.7. The van der Waals surface area contributed by atoms with Crippen molar-refractivity contribution in [1.29, 1.82) is 0 Å². The van der Waals surface area contributed by atoms with Crippen LogP contribution in [0.2, 0.25) is 5.02 Å². The zero-order valence-electron chi connectivity index (χ0n) is 13.5. The number of rotatable bonds is 3. The second-order valence-corrected chi connectivity index (χ2v) is 7.26. The molecule has 6 nitrogen and oxygen atoms in total. The van der Waals surface area contributed by atoms with Crippen molar-refractivity contribution in [1.82, 2.24) is 14.8 Å². The Hall–Kier alpha value is -1.82. The number of carbonyl (C=O) groups is 2. The van der Waals surface area contributed by atoms with Crippen molar-refractivity contribution in [2.75, 3.05) is 37.6 Å². The van der Waals surface area contributed by atoms with E-state index in [1.807, 2.05) is 21.9 Å². The van der Waals surface area contributed by atoms with Crippen molar-refractivity contribution in [2.45, 2.75) is 25.3 Å². The average Bonchev–Trinajstić information content (AvgIpc) is 3.37. The molecule has 1 aromatic rings. The van der Waals surface area contributed by atoms with Crippen LogP contribution in [0.3, 0.4) is 0 Å². The fourth-order valence-electron chi connectivity index (χ4n) is 3.61. The van der Waals surface area contributed by atoms with Crippen LogP contribution in [-0.4, -0.2) is 65.4 Å². The molecule has 0 radical (unpaired) electrons. The molecule has 2 saturated heterocycles. The van der Waals surface area contributed by atoms with Gasteiger partial charge in [-0.05, 0) is 25.0 Å². The minimum atomic E-state index is -0.154. The number of nitrogens with zero attached hydrogens (tertiary/aromatic N) is 4. The summed E-state index contributed by atoms with van der Waals surface area (Å²) in [6.07, 6.45) is 4.22. The molecule has 0 spiro atoms. The Labute approximate surface area is 146 Å². The van der Waals surface area contributed by atoms with Gasteiger partial charge in [-0.1, -0.05) is 11.6 Å². The largest absolute Gasteiger partial charge is 0.353 e. The van der Waals surface area contributed by atoms with E-state index in [0.29, 0.717) is 37.1 Å². The van der Waals surface area contributed by atoms with Gasteiger partial charge in [-0.15, -0.1) is 0 Å². The second kappa shape index (κ2) is 6.24. The summed E-state index contributed by atoms with van der Waals surface area (Å²) < 4.78 is 0. The smallest absolute Gasteiger partial charge is 0.228 e. The van der Waals surface area contributed by atoms with E-state index in [-0.39, 0.29) is 17.7 Å². The first-order valence-electron chi connectivity index (χ1n) is 8.56. The van der Waals surface area contributed by atoms with Crippen molar-refractivity contribution < 1.29 is 9.59 Å². The van der Waals surface area contributed by atoms with Crippen LogP contribution in [0, 0.1) is 5.92 Å². The summed E-state index contributed by atoms with van der Waals surface area (Å²) in [7, 11) is 0. The molecule has 128 valence electrons. The molecular weight excluding hydrogens is 328 g/mol. The van der Waals surface area contributed by atoms with Crippen molar-refractivity contribution >= 4 is 29.2 Å². The Balaban J connectivity index is 1.33. The van der Waals surface area contributed by atoms with Gasteiger partial charge in [0.1, 0.15) is 5.82 Å². The van der Waals surface area contributed by atoms with Gasteiger partial charge in [0, 0.05) is 51.4 Å². The van der Waals surface area contributed by atoms with Crippen LogP contribution < -0.4 is 4.90 Å². The van der Waals surface area contributed by atoms with Gasteiger partial charge in [-0.25, -0.2) is 4.98 Å². The number of halogens is 1. The van der Waals surface area contributed by atoms with Gasteiger partial charge in [0.2, 0.25) is 11.8 Å². The Morgan fingerprint density at radius 2 is 1.92 bits per heavy atom. The lowest BCUT2D eigenvalue weighted by Crippen LogP contribution is -2.51. The molecule has 2 amide bonds. The number of hydrogen-bond donors (Lipinski definition) is 0. The van der Waals surface area contributed by atoms with Crippen molar-refractivity contribution in [3.8, 4) is 0 Å². The summed E-state index contributed by atoms with van der Waals surface area (Å²) in [4.78, 5) is 35.1. The molecule has 7 heteroatoms. The van der Waals surface area contributed by atoms with Gasteiger partial charge in [0.15, 0.2) is 0 Å². The van der Waals surface area contributed by atoms with Gasteiger partial charge in [-0.2, -0.15) is 0 Å². The zero-order valence-corrected chi connectivity index (χ0v) is 14.3. The quantitative estimate of drug-likeness (QED) is 0.828. The summed E-state index contributed by atoms with van der Waals surface area (Å²) in [5, 5.41) is 0.624. The van der Waals surface area contributed by atoms with Crippen molar-refractivity contribution in [3.05, 3.63) is 23.4 Å². The van der Waals surface area contributed by atoms with Crippen molar-refractivity contribution in [3.63, 3.8) is 0 Å². The lowest BCUT2D eigenvalue weighted by atomic mass is 10.1. The standard InChI is InChI=1S/C17H21ClN4O2/c18-13-1-4-15(19-10-13)20-5-7-21(8-6-20)17(24)12-9-16(23)22(11-12)14-2-3-14/h1,4,10,12,14H,2-3,5-9,11H2.